The molecule has 0 saturated heterocycles. The molecule has 1 saturated carbocycles. The summed E-state index contributed by atoms with van der Waals surface area (Å²) >= 11 is 5.89. The molecule has 1 aliphatic carbocycles. The van der Waals surface area contributed by atoms with Gasteiger partial charge in [0.15, 0.2) is 0 Å². The number of hydrogen-bond acceptors (Lipinski definition) is 5. The maximum atomic E-state index is 14.6. The Morgan fingerprint density at radius 3 is 2.18 bits per heavy atom. The molecule has 0 bridgehead atoms. The highest BCUT2D eigenvalue weighted by atomic mass is 35.5. The van der Waals surface area contributed by atoms with Gasteiger partial charge in [0, 0.05) is 19.0 Å². The van der Waals surface area contributed by atoms with E-state index >= 15 is 0 Å². The summed E-state index contributed by atoms with van der Waals surface area (Å²) in [5, 5.41) is 2.46. The lowest BCUT2D eigenvalue weighted by molar-refractivity contribution is -0.140. The molecule has 1 atom stereocenters. The van der Waals surface area contributed by atoms with Crippen LogP contribution in [0.5, 0.6) is 5.75 Å². The van der Waals surface area contributed by atoms with E-state index < -0.39 is 56.9 Å². The second-order valence-corrected chi connectivity index (χ2v) is 14.3. The van der Waals surface area contributed by atoms with Crippen LogP contribution in [0.1, 0.15) is 42.4 Å². The number of halogens is 4. The van der Waals surface area contributed by atoms with Gasteiger partial charge in [-0.15, -0.1) is 0 Å². The fraction of sp³-hybridized carbons (Fsp3) is 0.297. The van der Waals surface area contributed by atoms with Crippen LogP contribution in [0.15, 0.2) is 108 Å². The first-order valence-corrected chi connectivity index (χ1v) is 17.9. The number of carbonyl (C=O) groups is 2. The molecule has 13 heteroatoms. The number of carbonyl (C=O) groups excluding carboxylic acids is 2. The number of hydrogen-bond donors (Lipinski definition) is 1. The Hall–Kier alpha value is -4.55. The predicted molar refractivity (Wildman–Crippen MR) is 185 cm³/mol. The van der Waals surface area contributed by atoms with E-state index in [1.54, 1.807) is 30.3 Å². The fourth-order valence-corrected chi connectivity index (χ4v) is 7.67. The van der Waals surface area contributed by atoms with Crippen LogP contribution in [-0.2, 0) is 38.8 Å². The van der Waals surface area contributed by atoms with Crippen LogP contribution in [0.2, 0.25) is 5.02 Å². The van der Waals surface area contributed by atoms with Crippen LogP contribution in [0.4, 0.5) is 18.9 Å². The normalized spacial score (nSPS) is 14.2. The summed E-state index contributed by atoms with van der Waals surface area (Å²) < 4.78 is 76.3. The number of alkyl halides is 3. The molecule has 4 aromatic rings. The summed E-state index contributed by atoms with van der Waals surface area (Å²) in [4.78, 5) is 29.8. The van der Waals surface area contributed by atoms with Crippen molar-refractivity contribution >= 4 is 39.1 Å². The van der Waals surface area contributed by atoms with Gasteiger partial charge in [0.25, 0.3) is 10.0 Å². The van der Waals surface area contributed by atoms with Crippen molar-refractivity contribution in [2.75, 3.05) is 18.0 Å². The lowest BCUT2D eigenvalue weighted by atomic mass is 10.0. The molecule has 264 valence electrons. The van der Waals surface area contributed by atoms with Crippen molar-refractivity contribution in [3.8, 4) is 5.75 Å². The minimum Gasteiger partial charge on any atom is -0.497 e. The van der Waals surface area contributed by atoms with Crippen LogP contribution >= 0.6 is 11.6 Å². The maximum Gasteiger partial charge on any atom is 0.417 e. The molecule has 1 fully saturated rings. The summed E-state index contributed by atoms with van der Waals surface area (Å²) in [5.41, 5.74) is -0.338. The molecule has 0 heterocycles. The highest BCUT2D eigenvalue weighted by Crippen LogP contribution is 2.38. The van der Waals surface area contributed by atoms with Crippen molar-refractivity contribution in [1.29, 1.82) is 0 Å². The zero-order chi connectivity index (χ0) is 35.9. The van der Waals surface area contributed by atoms with Crippen LogP contribution in [0.25, 0.3) is 0 Å². The van der Waals surface area contributed by atoms with Gasteiger partial charge >= 0.3 is 6.18 Å². The number of sulfonamides is 1. The first-order chi connectivity index (χ1) is 23.9. The van der Waals surface area contributed by atoms with Gasteiger partial charge in [0.1, 0.15) is 18.3 Å². The molecular formula is C37H37ClF3N3O5S. The highest BCUT2D eigenvalue weighted by Gasteiger charge is 2.38. The van der Waals surface area contributed by atoms with Crippen molar-refractivity contribution in [1.82, 2.24) is 10.2 Å². The third kappa shape index (κ3) is 8.97. The molecular weight excluding hydrogens is 691 g/mol. The summed E-state index contributed by atoms with van der Waals surface area (Å²) in [6.07, 6.45) is -1.33. The Kier molecular flexibility index (Phi) is 11.7. The van der Waals surface area contributed by atoms with Gasteiger partial charge in [-0.3, -0.25) is 13.9 Å². The van der Waals surface area contributed by atoms with Crippen LogP contribution in [0, 0.1) is 0 Å². The average molecular weight is 728 g/mol. The van der Waals surface area contributed by atoms with Gasteiger partial charge in [0.05, 0.1) is 28.3 Å². The highest BCUT2D eigenvalue weighted by molar-refractivity contribution is 7.92. The summed E-state index contributed by atoms with van der Waals surface area (Å²) in [5.74, 6) is -0.724. The van der Waals surface area contributed by atoms with E-state index in [9.17, 15) is 31.2 Å². The average Bonchev–Trinajstić information content (AvgIpc) is 3.62. The van der Waals surface area contributed by atoms with Crippen LogP contribution < -0.4 is 14.4 Å². The minimum atomic E-state index is -4.91. The quantitative estimate of drug-likeness (QED) is 0.157. The van der Waals surface area contributed by atoms with Gasteiger partial charge < -0.3 is 15.0 Å². The second kappa shape index (κ2) is 16.0. The topological polar surface area (TPSA) is 96.0 Å². The zero-order valence-corrected chi connectivity index (χ0v) is 28.8. The lowest BCUT2D eigenvalue weighted by Gasteiger charge is -2.34. The van der Waals surface area contributed by atoms with Crippen molar-refractivity contribution < 1.29 is 35.9 Å². The molecule has 0 aromatic heterocycles. The molecule has 8 nitrogen and oxygen atoms in total. The Labute approximate surface area is 294 Å². The van der Waals surface area contributed by atoms with E-state index in [-0.39, 0.29) is 23.9 Å². The molecule has 1 N–H and O–H groups in total. The molecule has 1 aliphatic rings. The predicted octanol–water partition coefficient (Wildman–Crippen LogP) is 7.26. The first kappa shape index (κ1) is 36.7. The molecule has 0 aliphatic heterocycles. The smallest absolute Gasteiger partial charge is 0.417 e. The first-order valence-electron chi connectivity index (χ1n) is 16.1. The summed E-state index contributed by atoms with van der Waals surface area (Å²) in [6, 6.07) is 24.5. The van der Waals surface area contributed by atoms with Crippen molar-refractivity contribution in [3.63, 3.8) is 0 Å². The van der Waals surface area contributed by atoms with E-state index in [2.05, 4.69) is 5.32 Å². The van der Waals surface area contributed by atoms with Gasteiger partial charge in [-0.1, -0.05) is 85.1 Å². The molecule has 4 aromatic carbocycles. The van der Waals surface area contributed by atoms with E-state index in [1.165, 1.54) is 36.3 Å². The van der Waals surface area contributed by atoms with E-state index in [4.69, 9.17) is 16.3 Å². The third-order valence-electron chi connectivity index (χ3n) is 8.61. The van der Waals surface area contributed by atoms with Gasteiger partial charge in [-0.2, -0.15) is 13.2 Å². The number of rotatable bonds is 13. The Morgan fingerprint density at radius 2 is 1.54 bits per heavy atom. The monoisotopic (exact) mass is 727 g/mol. The van der Waals surface area contributed by atoms with Crippen molar-refractivity contribution in [2.24, 2.45) is 0 Å². The molecule has 0 unspecified atom stereocenters. The van der Waals surface area contributed by atoms with Crippen LogP contribution in [0.3, 0.4) is 0 Å². The second-order valence-electron chi connectivity index (χ2n) is 12.1. The van der Waals surface area contributed by atoms with E-state index in [0.717, 1.165) is 43.4 Å². The zero-order valence-electron chi connectivity index (χ0n) is 27.3. The molecule has 0 spiro atoms. The number of anilines is 1. The van der Waals surface area contributed by atoms with Gasteiger partial charge in [0.2, 0.25) is 11.8 Å². The maximum absolute atomic E-state index is 14.6. The number of benzene rings is 4. The van der Waals surface area contributed by atoms with Crippen molar-refractivity contribution in [3.05, 3.63) is 125 Å². The fourth-order valence-electron chi connectivity index (χ4n) is 6.02. The number of amides is 2. The lowest BCUT2D eigenvalue weighted by Crippen LogP contribution is -2.54. The SMILES string of the molecule is COc1cccc(CN(C(=O)CN(c2ccc(Cl)c(C(F)(F)F)c2)S(=O)(=O)c2ccccc2)[C@@H](Cc2ccccc2)C(=O)NC2CCCC2)c1. The minimum absolute atomic E-state index is 0.0839. The summed E-state index contributed by atoms with van der Waals surface area (Å²) in [6.45, 7) is -1.04. The Morgan fingerprint density at radius 1 is 0.900 bits per heavy atom. The van der Waals surface area contributed by atoms with Gasteiger partial charge in [-0.05, 0) is 66.4 Å². The standard InChI is InChI=1S/C37H37ClF3N3O5S/c1-49-30-16-10-13-27(21-30)24-43(34(22-26-11-4-2-5-12-26)36(46)42-28-14-8-9-15-28)35(45)25-44(50(47,48)31-17-6-3-7-18-31)29-19-20-33(38)32(23-29)37(39,40)41/h2-7,10-13,16-21,23,28,34H,8-9,14-15,22,24-25H2,1H3,(H,42,46)/t34-/m0/s1. The number of nitrogens with one attached hydrogen (secondary N) is 1. The van der Waals surface area contributed by atoms with Crippen LogP contribution in [-0.4, -0.2) is 50.9 Å². The summed E-state index contributed by atoms with van der Waals surface area (Å²) in [7, 11) is -3.12. The molecule has 0 radical (unpaired) electrons. The Balaban J connectivity index is 1.61. The molecule has 50 heavy (non-hydrogen) atoms. The number of methoxy groups -OCH3 is 1. The van der Waals surface area contributed by atoms with E-state index in [0.29, 0.717) is 21.7 Å². The number of nitrogens with zero attached hydrogens (tertiary/aromatic N) is 2. The Bertz CT molecular complexity index is 1890. The van der Waals surface area contributed by atoms with Gasteiger partial charge in [-0.25, -0.2) is 8.42 Å². The third-order valence-corrected chi connectivity index (χ3v) is 10.7. The van der Waals surface area contributed by atoms with Crippen molar-refractivity contribution in [2.45, 2.75) is 61.8 Å². The number of ether oxygens (including phenoxy) is 1. The molecule has 5 rings (SSSR count). The van der Waals surface area contributed by atoms with E-state index in [1.807, 2.05) is 30.3 Å². The largest absolute Gasteiger partial charge is 0.497 e. The molecule has 2 amide bonds.